The van der Waals surface area contributed by atoms with Gasteiger partial charge in [-0.1, -0.05) is 38.9 Å². The summed E-state index contributed by atoms with van der Waals surface area (Å²) in [4.78, 5) is 3.29. The van der Waals surface area contributed by atoms with Gasteiger partial charge in [-0.3, -0.25) is 4.90 Å². The fraction of sp³-hybridized carbons (Fsp3) is 0.923. The van der Waals surface area contributed by atoms with E-state index < -0.39 is 0 Å². The molecule has 1 aliphatic carbocycles. The maximum Gasteiger partial charge on any atom is 0.0742 e. The molecule has 2 nitrogen and oxygen atoms in total. The lowest BCUT2D eigenvalue weighted by molar-refractivity contribution is 0.131. The van der Waals surface area contributed by atoms with Crippen LogP contribution in [0, 0.1) is 5.92 Å². The summed E-state index contributed by atoms with van der Waals surface area (Å²) in [6.07, 6.45) is 6.35. The summed E-state index contributed by atoms with van der Waals surface area (Å²) in [6, 6.07) is 1.27. The Balaban J connectivity index is 2.57. The molecule has 1 rings (SSSR count). The predicted octanol–water partition coefficient (Wildman–Crippen LogP) is 2.95. The first-order valence-electron chi connectivity index (χ1n) is 6.54. The largest absolute Gasteiger partial charge is 0.393 e. The van der Waals surface area contributed by atoms with E-state index in [4.69, 9.17) is 18.0 Å². The second kappa shape index (κ2) is 6.55. The Bertz CT molecular complexity index is 222. The molecule has 1 fully saturated rings. The van der Waals surface area contributed by atoms with Crippen LogP contribution < -0.4 is 5.73 Å². The third kappa shape index (κ3) is 4.38. The van der Waals surface area contributed by atoms with Gasteiger partial charge >= 0.3 is 0 Å². The second-order valence-electron chi connectivity index (χ2n) is 5.55. The van der Waals surface area contributed by atoms with Crippen molar-refractivity contribution in [2.24, 2.45) is 11.7 Å². The first kappa shape index (κ1) is 13.9. The van der Waals surface area contributed by atoms with Crippen LogP contribution in [0.25, 0.3) is 0 Å². The summed E-state index contributed by atoms with van der Waals surface area (Å²) in [5, 5.41) is 0. The van der Waals surface area contributed by atoms with Crippen molar-refractivity contribution >= 4 is 17.2 Å². The highest BCUT2D eigenvalue weighted by Gasteiger charge is 2.26. The van der Waals surface area contributed by atoms with Crippen LogP contribution in [0.3, 0.4) is 0 Å². The molecule has 16 heavy (non-hydrogen) atoms. The normalized spacial score (nSPS) is 19.6. The fourth-order valence-electron chi connectivity index (χ4n) is 2.75. The Morgan fingerprint density at radius 1 is 1.31 bits per heavy atom. The van der Waals surface area contributed by atoms with Crippen LogP contribution in [-0.2, 0) is 0 Å². The smallest absolute Gasteiger partial charge is 0.0742 e. The summed E-state index contributed by atoms with van der Waals surface area (Å²) >= 11 is 5.03. The molecule has 0 aliphatic heterocycles. The summed E-state index contributed by atoms with van der Waals surface area (Å²) in [7, 11) is 0. The third-order valence-corrected chi connectivity index (χ3v) is 3.60. The Morgan fingerprint density at radius 3 is 2.31 bits per heavy atom. The summed E-state index contributed by atoms with van der Waals surface area (Å²) in [5.41, 5.74) is 5.67. The fourth-order valence-corrected chi connectivity index (χ4v) is 3.00. The van der Waals surface area contributed by atoms with E-state index in [1.807, 2.05) is 0 Å². The highest BCUT2D eigenvalue weighted by Crippen LogP contribution is 2.26. The molecule has 0 aromatic heterocycles. The van der Waals surface area contributed by atoms with Crippen LogP contribution >= 0.6 is 12.2 Å². The lowest BCUT2D eigenvalue weighted by Crippen LogP contribution is -2.44. The van der Waals surface area contributed by atoms with Gasteiger partial charge in [-0.25, -0.2) is 0 Å². The van der Waals surface area contributed by atoms with Crippen LogP contribution in [0.4, 0.5) is 0 Å². The van der Waals surface area contributed by atoms with Gasteiger partial charge < -0.3 is 5.73 Å². The first-order valence-corrected chi connectivity index (χ1v) is 6.95. The van der Waals surface area contributed by atoms with E-state index in [9.17, 15) is 0 Å². The third-order valence-electron chi connectivity index (χ3n) is 3.43. The van der Waals surface area contributed by atoms with Crippen LogP contribution in [-0.4, -0.2) is 28.5 Å². The predicted molar refractivity (Wildman–Crippen MR) is 74.7 cm³/mol. The van der Waals surface area contributed by atoms with E-state index in [1.54, 1.807) is 0 Å². The van der Waals surface area contributed by atoms with Gasteiger partial charge in [-0.05, 0) is 25.7 Å². The molecule has 0 aromatic carbocycles. The zero-order valence-corrected chi connectivity index (χ0v) is 11.7. The monoisotopic (exact) mass is 242 g/mol. The minimum Gasteiger partial charge on any atom is -0.393 e. The maximum absolute atomic E-state index is 5.67. The van der Waals surface area contributed by atoms with Crippen molar-refractivity contribution in [1.29, 1.82) is 0 Å². The lowest BCUT2D eigenvalue weighted by Gasteiger charge is -2.35. The van der Waals surface area contributed by atoms with E-state index >= 15 is 0 Å². The highest BCUT2D eigenvalue weighted by atomic mass is 32.1. The molecule has 1 atom stereocenters. The van der Waals surface area contributed by atoms with Crippen molar-refractivity contribution in [3.8, 4) is 0 Å². The average molecular weight is 242 g/mol. The van der Waals surface area contributed by atoms with Crippen molar-refractivity contribution in [3.63, 3.8) is 0 Å². The van der Waals surface area contributed by atoms with Crippen molar-refractivity contribution in [1.82, 2.24) is 4.90 Å². The molecule has 0 amide bonds. The summed E-state index contributed by atoms with van der Waals surface area (Å²) in [5.74, 6) is 0.717. The van der Waals surface area contributed by atoms with Crippen LogP contribution in [0.2, 0.25) is 0 Å². The Labute approximate surface area is 106 Å². The molecule has 0 aromatic rings. The quantitative estimate of drug-likeness (QED) is 0.726. The van der Waals surface area contributed by atoms with Gasteiger partial charge in [-0.15, -0.1) is 0 Å². The summed E-state index contributed by atoms with van der Waals surface area (Å²) in [6.45, 7) is 8.01. The second-order valence-corrected chi connectivity index (χ2v) is 6.07. The van der Waals surface area contributed by atoms with Gasteiger partial charge in [0.15, 0.2) is 0 Å². The zero-order valence-electron chi connectivity index (χ0n) is 10.9. The summed E-state index contributed by atoms with van der Waals surface area (Å²) < 4.78 is 0. The van der Waals surface area contributed by atoms with Crippen molar-refractivity contribution in [2.75, 3.05) is 6.54 Å². The van der Waals surface area contributed by atoms with Gasteiger partial charge in [-0.2, -0.15) is 0 Å². The number of hydrogen-bond donors (Lipinski definition) is 1. The van der Waals surface area contributed by atoms with Crippen LogP contribution in [0.1, 0.15) is 52.9 Å². The number of nitrogens with zero attached hydrogens (tertiary/aromatic N) is 1. The lowest BCUT2D eigenvalue weighted by atomic mass is 10.1. The van der Waals surface area contributed by atoms with Crippen molar-refractivity contribution < 1.29 is 0 Å². The maximum atomic E-state index is 5.67. The van der Waals surface area contributed by atoms with Gasteiger partial charge in [0.1, 0.15) is 0 Å². The molecule has 1 unspecified atom stereocenters. The molecule has 0 heterocycles. The Morgan fingerprint density at radius 2 is 1.88 bits per heavy atom. The number of nitrogens with two attached hydrogens (primary N) is 1. The average Bonchev–Trinajstić information content (AvgIpc) is 2.64. The number of thiocarbonyl (C=S) groups is 1. The number of hydrogen-bond acceptors (Lipinski definition) is 2. The molecule has 3 heteroatoms. The standard InChI is InChI=1S/C13H26N2S/c1-10(2)9-15(11(3)8-13(14)16)12-6-4-5-7-12/h10-12H,4-9H2,1-3H3,(H2,14,16). The van der Waals surface area contributed by atoms with Crippen LogP contribution in [0.15, 0.2) is 0 Å². The van der Waals surface area contributed by atoms with Gasteiger partial charge in [0.2, 0.25) is 0 Å². The van der Waals surface area contributed by atoms with Crippen molar-refractivity contribution in [2.45, 2.75) is 65.0 Å². The minimum atomic E-state index is 0.503. The van der Waals surface area contributed by atoms with E-state index in [2.05, 4.69) is 25.7 Å². The Kier molecular flexibility index (Phi) is 5.70. The molecule has 1 saturated carbocycles. The van der Waals surface area contributed by atoms with Crippen LogP contribution in [0.5, 0.6) is 0 Å². The van der Waals surface area contributed by atoms with E-state index in [0.29, 0.717) is 11.0 Å². The van der Waals surface area contributed by atoms with Gasteiger partial charge in [0, 0.05) is 25.0 Å². The highest BCUT2D eigenvalue weighted by molar-refractivity contribution is 7.80. The van der Waals surface area contributed by atoms with Crippen molar-refractivity contribution in [3.05, 3.63) is 0 Å². The molecular formula is C13H26N2S. The van der Waals surface area contributed by atoms with E-state index in [-0.39, 0.29) is 0 Å². The molecule has 0 bridgehead atoms. The molecule has 0 radical (unpaired) electrons. The topological polar surface area (TPSA) is 29.3 Å². The Hall–Kier alpha value is -0.150. The first-order chi connectivity index (χ1) is 7.50. The SMILES string of the molecule is CC(C)CN(C(C)CC(N)=S)C1CCCC1. The molecule has 0 spiro atoms. The zero-order chi connectivity index (χ0) is 12.1. The molecule has 1 aliphatic rings. The molecular weight excluding hydrogens is 216 g/mol. The van der Waals surface area contributed by atoms with E-state index in [1.165, 1.54) is 32.2 Å². The van der Waals surface area contributed by atoms with E-state index in [0.717, 1.165) is 18.4 Å². The van der Waals surface area contributed by atoms with Gasteiger partial charge in [0.05, 0.1) is 4.99 Å². The molecule has 0 saturated heterocycles. The molecule has 94 valence electrons. The van der Waals surface area contributed by atoms with Gasteiger partial charge in [0.25, 0.3) is 0 Å². The minimum absolute atomic E-state index is 0.503. The number of rotatable bonds is 6. The molecule has 2 N–H and O–H groups in total.